The summed E-state index contributed by atoms with van der Waals surface area (Å²) in [5.41, 5.74) is -0.317. The third-order valence-electron chi connectivity index (χ3n) is 2.94. The number of halogens is 3. The zero-order valence-electron chi connectivity index (χ0n) is 11.5. The minimum Gasteiger partial charge on any atom is -0.379 e. The average molecular weight is 315 g/mol. The van der Waals surface area contributed by atoms with Crippen LogP contribution in [-0.4, -0.2) is 7.11 Å². The summed E-state index contributed by atoms with van der Waals surface area (Å²) in [6.07, 6.45) is -4.31. The van der Waals surface area contributed by atoms with Crippen molar-refractivity contribution in [2.24, 2.45) is 0 Å². The Balaban J connectivity index is 1.94. The van der Waals surface area contributed by atoms with Crippen LogP contribution in [0.5, 0.6) is 0 Å². The second kappa shape index (κ2) is 7.06. The molecular weight excluding hydrogens is 299 g/mol. The maximum absolute atomic E-state index is 12.8. The van der Waals surface area contributed by atoms with E-state index in [4.69, 9.17) is 4.74 Å². The molecule has 0 bridgehead atoms. The zero-order chi connectivity index (χ0) is 15.3. The molecule has 0 saturated carbocycles. The van der Waals surface area contributed by atoms with E-state index in [9.17, 15) is 13.2 Å². The summed E-state index contributed by atoms with van der Waals surface area (Å²) in [5.74, 6) is 0. The van der Waals surface area contributed by atoms with Gasteiger partial charge in [-0.2, -0.15) is 13.2 Å². The van der Waals surface area contributed by atoms with Gasteiger partial charge in [-0.25, -0.2) is 0 Å². The van der Waals surface area contributed by atoms with E-state index < -0.39 is 11.7 Å². The Morgan fingerprint density at radius 1 is 1.05 bits per heavy atom. The van der Waals surface area contributed by atoms with Crippen molar-refractivity contribution in [3.8, 4) is 0 Å². The number of benzene rings is 1. The van der Waals surface area contributed by atoms with Gasteiger partial charge in [0.1, 0.15) is 0 Å². The Bertz CT molecular complexity index is 580. The molecule has 1 aromatic carbocycles. The number of rotatable bonds is 6. The van der Waals surface area contributed by atoms with E-state index in [-0.39, 0.29) is 12.1 Å². The summed E-state index contributed by atoms with van der Waals surface area (Å²) >= 11 is 1.59. The lowest BCUT2D eigenvalue weighted by Crippen LogP contribution is -2.16. The highest BCUT2D eigenvalue weighted by atomic mass is 32.1. The highest BCUT2D eigenvalue weighted by Gasteiger charge is 2.32. The molecule has 21 heavy (non-hydrogen) atoms. The number of methoxy groups -OCH3 is 1. The van der Waals surface area contributed by atoms with Crippen molar-refractivity contribution in [1.82, 2.24) is 5.32 Å². The first kappa shape index (κ1) is 16.0. The molecule has 2 nitrogen and oxygen atoms in total. The van der Waals surface area contributed by atoms with Crippen molar-refractivity contribution >= 4 is 11.3 Å². The van der Waals surface area contributed by atoms with Gasteiger partial charge in [-0.3, -0.25) is 0 Å². The van der Waals surface area contributed by atoms with Gasteiger partial charge >= 0.3 is 6.18 Å². The van der Waals surface area contributed by atoms with Crippen LogP contribution < -0.4 is 5.32 Å². The van der Waals surface area contributed by atoms with Crippen LogP contribution in [-0.2, 0) is 30.6 Å². The van der Waals surface area contributed by atoms with Gasteiger partial charge in [-0.05, 0) is 23.8 Å². The van der Waals surface area contributed by atoms with Crippen LogP contribution in [0.4, 0.5) is 13.2 Å². The van der Waals surface area contributed by atoms with E-state index in [1.807, 2.05) is 12.1 Å². The fraction of sp³-hybridized carbons (Fsp3) is 0.333. The number of hydrogen-bond donors (Lipinski definition) is 1. The SMILES string of the molecule is COCc1ccc(CNCc2ccccc2C(F)(F)F)s1. The Hall–Kier alpha value is -1.37. The summed E-state index contributed by atoms with van der Waals surface area (Å²) in [6, 6.07) is 9.56. The quantitative estimate of drug-likeness (QED) is 0.862. The first-order chi connectivity index (χ1) is 10.0. The molecular formula is C15H16F3NOS. The molecule has 0 spiro atoms. The first-order valence-corrected chi connectivity index (χ1v) is 7.24. The second-order valence-corrected chi connectivity index (χ2v) is 5.81. The summed E-state index contributed by atoms with van der Waals surface area (Å²) in [7, 11) is 1.63. The Labute approximate surface area is 125 Å². The van der Waals surface area contributed by atoms with Crippen LogP contribution >= 0.6 is 11.3 Å². The molecule has 0 aliphatic carbocycles. The van der Waals surface area contributed by atoms with Gasteiger partial charge in [0.25, 0.3) is 0 Å². The molecule has 0 fully saturated rings. The number of hydrogen-bond acceptors (Lipinski definition) is 3. The smallest absolute Gasteiger partial charge is 0.379 e. The Morgan fingerprint density at radius 2 is 1.76 bits per heavy atom. The molecule has 114 valence electrons. The monoisotopic (exact) mass is 315 g/mol. The van der Waals surface area contributed by atoms with Crippen LogP contribution in [0.2, 0.25) is 0 Å². The lowest BCUT2D eigenvalue weighted by molar-refractivity contribution is -0.138. The molecule has 0 aliphatic heterocycles. The van der Waals surface area contributed by atoms with Crippen molar-refractivity contribution in [2.45, 2.75) is 25.9 Å². The maximum Gasteiger partial charge on any atom is 0.416 e. The fourth-order valence-electron chi connectivity index (χ4n) is 2.01. The molecule has 0 amide bonds. The largest absolute Gasteiger partial charge is 0.416 e. The second-order valence-electron chi connectivity index (χ2n) is 4.56. The molecule has 0 radical (unpaired) electrons. The summed E-state index contributed by atoms with van der Waals surface area (Å²) in [5, 5.41) is 3.06. The third kappa shape index (κ3) is 4.56. The minimum atomic E-state index is -4.31. The Morgan fingerprint density at radius 3 is 2.48 bits per heavy atom. The van der Waals surface area contributed by atoms with E-state index in [1.165, 1.54) is 12.1 Å². The molecule has 0 aliphatic rings. The van der Waals surface area contributed by atoms with E-state index in [2.05, 4.69) is 5.32 Å². The molecule has 1 heterocycles. The van der Waals surface area contributed by atoms with Crippen molar-refractivity contribution in [2.75, 3.05) is 7.11 Å². The molecule has 1 N–H and O–H groups in total. The van der Waals surface area contributed by atoms with Crippen LogP contribution in [0, 0.1) is 0 Å². The number of ether oxygens (including phenoxy) is 1. The van der Waals surface area contributed by atoms with Crippen LogP contribution in [0.3, 0.4) is 0 Å². The van der Waals surface area contributed by atoms with Crippen molar-refractivity contribution < 1.29 is 17.9 Å². The summed E-state index contributed by atoms with van der Waals surface area (Å²) < 4.78 is 43.6. The van der Waals surface area contributed by atoms with Gasteiger partial charge in [-0.1, -0.05) is 18.2 Å². The number of alkyl halides is 3. The van der Waals surface area contributed by atoms with Gasteiger partial charge in [0.2, 0.25) is 0 Å². The predicted molar refractivity (Wildman–Crippen MR) is 77.0 cm³/mol. The van der Waals surface area contributed by atoms with Crippen LogP contribution in [0.25, 0.3) is 0 Å². The lowest BCUT2D eigenvalue weighted by atomic mass is 10.1. The van der Waals surface area contributed by atoms with Crippen LogP contribution in [0.1, 0.15) is 20.9 Å². The lowest BCUT2D eigenvalue weighted by Gasteiger charge is -2.12. The maximum atomic E-state index is 12.8. The van der Waals surface area contributed by atoms with Crippen LogP contribution in [0.15, 0.2) is 36.4 Å². The van der Waals surface area contributed by atoms with E-state index >= 15 is 0 Å². The third-order valence-corrected chi connectivity index (χ3v) is 4.00. The highest BCUT2D eigenvalue weighted by molar-refractivity contribution is 7.11. The van der Waals surface area contributed by atoms with Crippen molar-refractivity contribution in [1.29, 1.82) is 0 Å². The molecule has 2 aromatic rings. The highest BCUT2D eigenvalue weighted by Crippen LogP contribution is 2.31. The molecule has 0 saturated heterocycles. The summed E-state index contributed by atoms with van der Waals surface area (Å²) in [4.78, 5) is 2.18. The molecule has 6 heteroatoms. The molecule has 2 rings (SSSR count). The average Bonchev–Trinajstić information content (AvgIpc) is 2.86. The first-order valence-electron chi connectivity index (χ1n) is 6.43. The van der Waals surface area contributed by atoms with Gasteiger partial charge in [0.15, 0.2) is 0 Å². The molecule has 0 unspecified atom stereocenters. The minimum absolute atomic E-state index is 0.188. The summed E-state index contributed by atoms with van der Waals surface area (Å²) in [6.45, 7) is 1.29. The number of thiophene rings is 1. The van der Waals surface area contributed by atoms with Gasteiger partial charge in [0, 0.05) is 30.0 Å². The van der Waals surface area contributed by atoms with Gasteiger partial charge < -0.3 is 10.1 Å². The van der Waals surface area contributed by atoms with Crippen molar-refractivity contribution in [3.05, 3.63) is 57.3 Å². The zero-order valence-corrected chi connectivity index (χ0v) is 12.4. The van der Waals surface area contributed by atoms with E-state index in [0.29, 0.717) is 13.2 Å². The number of nitrogens with one attached hydrogen (secondary N) is 1. The normalized spacial score (nSPS) is 11.8. The van der Waals surface area contributed by atoms with E-state index in [0.717, 1.165) is 15.8 Å². The molecule has 0 atom stereocenters. The van der Waals surface area contributed by atoms with Crippen molar-refractivity contribution in [3.63, 3.8) is 0 Å². The van der Waals surface area contributed by atoms with E-state index in [1.54, 1.807) is 24.5 Å². The standard InChI is InChI=1S/C15H16F3NOS/c1-20-10-13-7-6-12(21-13)9-19-8-11-4-2-3-5-14(11)15(16,17)18/h2-7,19H,8-10H2,1H3. The Kier molecular flexibility index (Phi) is 5.39. The van der Waals surface area contributed by atoms with Gasteiger partial charge in [-0.15, -0.1) is 11.3 Å². The topological polar surface area (TPSA) is 21.3 Å². The predicted octanol–water partition coefficient (Wildman–Crippen LogP) is 4.20. The van der Waals surface area contributed by atoms with Gasteiger partial charge in [0.05, 0.1) is 12.2 Å². The molecule has 1 aromatic heterocycles. The fourth-order valence-corrected chi connectivity index (χ4v) is 2.97.